The van der Waals surface area contributed by atoms with Crippen molar-refractivity contribution in [2.24, 2.45) is 0 Å². The number of rotatable bonds is 17. The van der Waals surface area contributed by atoms with E-state index in [0.717, 1.165) is 27.0 Å². The molecule has 6 aliphatic heterocycles. The number of aliphatic hydroxyl groups excluding tert-OH is 3. The Morgan fingerprint density at radius 2 is 0.720 bits per heavy atom. The number of aldehydes is 1. The number of methoxy groups -OCH3 is 3. The quantitative estimate of drug-likeness (QED) is 0.0932. The Morgan fingerprint density at radius 3 is 1.02 bits per heavy atom. The monoisotopic (exact) mass is 1180 g/mol. The second-order valence-electron chi connectivity index (χ2n) is 25.3. The van der Waals surface area contributed by atoms with Crippen molar-refractivity contribution in [2.45, 2.75) is 183 Å². The maximum absolute atomic E-state index is 12.5. The highest BCUT2D eigenvalue weighted by Gasteiger charge is 2.66. The molecule has 6 fully saturated rings. The number of carbonyl (C=O) groups is 1. The summed E-state index contributed by atoms with van der Waals surface area (Å²) in [4.78, 5) is 12.5. The Hall–Kier alpha value is -3.70. The smallest absolute Gasteiger partial charge is 0.261 e. The lowest BCUT2D eigenvalue weighted by Crippen LogP contribution is -2.68. The van der Waals surface area contributed by atoms with Crippen molar-refractivity contribution in [2.75, 3.05) is 54.4 Å². The number of carbonyl (C=O) groups excluding carboxylic acids is 1. The zero-order valence-corrected chi connectivity index (χ0v) is 52.3. The summed E-state index contributed by atoms with van der Waals surface area (Å²) in [6.07, 6.45) is -4.27. The molecule has 0 amide bonds. The van der Waals surface area contributed by atoms with Crippen LogP contribution in [0.2, 0.25) is 10.1 Å². The number of hydrogen-bond acceptors (Lipinski definition) is 18. The largest absolute Gasteiger partial charge is 0.404 e. The van der Waals surface area contributed by atoms with E-state index in [-0.39, 0.29) is 43.1 Å². The summed E-state index contributed by atoms with van der Waals surface area (Å²) in [5, 5.41) is 33.4. The van der Waals surface area contributed by atoms with E-state index in [1.54, 1.807) is 28.1 Å². The minimum Gasteiger partial charge on any atom is -0.404 e. The zero-order chi connectivity index (χ0) is 59.8. The van der Waals surface area contributed by atoms with E-state index in [0.29, 0.717) is 0 Å². The molecule has 3 N–H and O–H groups in total. The summed E-state index contributed by atoms with van der Waals surface area (Å²) in [5.74, 6) is -2.31. The van der Waals surface area contributed by atoms with E-state index in [4.69, 9.17) is 65.7 Å². The number of fused-ring (bicyclic) bond motifs is 3. The maximum atomic E-state index is 12.5. The topological polar surface area (TPSA) is 207 Å². The Labute approximate surface area is 486 Å². The first-order valence-corrected chi connectivity index (χ1v) is 31.9. The second kappa shape index (κ2) is 24.6. The predicted molar refractivity (Wildman–Crippen MR) is 310 cm³/mol. The molecule has 0 unspecified atom stereocenters. The van der Waals surface area contributed by atoms with Gasteiger partial charge in [0.05, 0.1) is 33.0 Å². The van der Waals surface area contributed by atoms with Gasteiger partial charge in [-0.15, -0.1) is 0 Å². The highest BCUT2D eigenvalue weighted by molar-refractivity contribution is 7.00. The first-order chi connectivity index (χ1) is 38.6. The summed E-state index contributed by atoms with van der Waals surface area (Å²) in [6.45, 7) is 23.4. The minimum absolute atomic E-state index is 0.0302. The average Bonchev–Trinajstić information content (AvgIpc) is 4.36. The molecule has 18 nitrogen and oxygen atoms in total. The molecule has 0 aromatic heterocycles. The van der Waals surface area contributed by atoms with Gasteiger partial charge in [0.25, 0.3) is 16.6 Å². The van der Waals surface area contributed by atoms with Crippen LogP contribution in [0, 0.1) is 0 Å². The van der Waals surface area contributed by atoms with Gasteiger partial charge in [-0.2, -0.15) is 0 Å². The molecule has 452 valence electrons. The van der Waals surface area contributed by atoms with E-state index >= 15 is 0 Å². The van der Waals surface area contributed by atoms with Crippen LogP contribution in [-0.2, 0) is 70.5 Å². The van der Waals surface area contributed by atoms with Crippen molar-refractivity contribution in [3.05, 3.63) is 121 Å². The van der Waals surface area contributed by atoms with Crippen molar-refractivity contribution in [3.8, 4) is 0 Å². The first kappa shape index (κ1) is 64.3. The second-order valence-corrected chi connectivity index (χ2v) is 33.9. The Bertz CT molecular complexity index is 2610. The molecule has 4 aromatic carbocycles. The van der Waals surface area contributed by atoms with E-state index < -0.39 is 106 Å². The van der Waals surface area contributed by atoms with Gasteiger partial charge in [-0.3, -0.25) is 4.79 Å². The molecule has 82 heavy (non-hydrogen) atoms. The van der Waals surface area contributed by atoms with Gasteiger partial charge in [-0.1, -0.05) is 163 Å². The van der Waals surface area contributed by atoms with Crippen LogP contribution in [-0.4, -0.2) is 182 Å². The van der Waals surface area contributed by atoms with Crippen molar-refractivity contribution >= 4 is 43.7 Å². The molecule has 10 rings (SSSR count). The summed E-state index contributed by atoms with van der Waals surface area (Å²) < 4.78 is 84.1. The lowest BCUT2D eigenvalue weighted by molar-refractivity contribution is -0.255. The van der Waals surface area contributed by atoms with Crippen LogP contribution < -0.4 is 20.7 Å². The summed E-state index contributed by atoms with van der Waals surface area (Å²) in [6, 6.07) is 41.4. The van der Waals surface area contributed by atoms with Gasteiger partial charge in [0, 0.05) is 21.3 Å². The Kier molecular flexibility index (Phi) is 19.3. The van der Waals surface area contributed by atoms with Crippen molar-refractivity contribution in [1.82, 2.24) is 0 Å². The molecule has 0 bridgehead atoms. The van der Waals surface area contributed by atoms with Gasteiger partial charge in [0.2, 0.25) is 0 Å². The third kappa shape index (κ3) is 12.1. The molecular weight excluding hydrogens is 1090 g/mol. The molecule has 6 aliphatic rings. The predicted octanol–water partition coefficient (Wildman–Crippen LogP) is 5.07. The van der Waals surface area contributed by atoms with Crippen LogP contribution in [0.5, 0.6) is 0 Å². The van der Waals surface area contributed by atoms with E-state index in [1.807, 2.05) is 76.2 Å². The Balaban J connectivity index is 0.000000171. The van der Waals surface area contributed by atoms with Gasteiger partial charge < -0.3 is 81.0 Å². The number of hydrogen-bond donors (Lipinski definition) is 3. The fourth-order valence-corrected chi connectivity index (χ4v) is 22.0. The van der Waals surface area contributed by atoms with Crippen LogP contribution in [0.25, 0.3) is 0 Å². The molecule has 20 heteroatoms. The lowest BCUT2D eigenvalue weighted by atomic mass is 9.97. The lowest BCUT2D eigenvalue weighted by Gasteiger charge is -2.45. The Morgan fingerprint density at radius 1 is 0.427 bits per heavy atom. The molecule has 6 heterocycles. The summed E-state index contributed by atoms with van der Waals surface area (Å²) in [5.41, 5.74) is -3.60. The third-order valence-electron chi connectivity index (χ3n) is 16.4. The molecule has 0 aliphatic carbocycles. The van der Waals surface area contributed by atoms with Gasteiger partial charge in [-0.05, 0) is 72.4 Å². The minimum atomic E-state index is -2.86. The summed E-state index contributed by atoms with van der Waals surface area (Å²) >= 11 is 0. The van der Waals surface area contributed by atoms with Crippen molar-refractivity contribution in [1.29, 1.82) is 0 Å². The van der Waals surface area contributed by atoms with E-state index in [1.165, 1.54) is 7.11 Å². The van der Waals surface area contributed by atoms with Crippen LogP contribution in [0.1, 0.15) is 83.1 Å². The fourth-order valence-electron chi connectivity index (χ4n) is 12.8. The molecule has 0 spiro atoms. The maximum Gasteiger partial charge on any atom is 0.261 e. The SMILES string of the molecule is CO[C@H]1[C@H]2OC(C)(C)O[C@H]2OC1(CO)CO.CO[C@H]1[C@H]2OC(C)(C)O[C@H]2O[C@]1(C=O)CO[Si](c1ccccc1)(c1ccccc1)C(C)(C)C.CO[C@H]1[C@H]2OC(C)(C)O[C@H]2O[C@]1(CO)CO[Si](c1ccccc1)(c1ccccc1)C(C)(C)C. The molecule has 6 saturated heterocycles. The van der Waals surface area contributed by atoms with Gasteiger partial charge in [-0.25, -0.2) is 0 Å². The standard InChI is InChI=1S/C26H36O6Si.C26H34O6Si.C10H18O6/c2*1-24(2,3)33(19-13-9-7-10-14-19,20-15-11-8-12-16-20)29-18-26(17-27)22(28-6)21-23(32-26)31-25(4,5)30-21;1-9(2)14-6-7(13-3)10(4-11,5-12)16-8(6)15-9/h7-16,21-23,27H,17-18H2,1-6H3;7-17,21-23H,18H2,1-6H3;6-8,11-12H,4-5H2,1-3H3/t2*21-,22+,23+,26-;6-,7+,8+/m111/s1. The van der Waals surface area contributed by atoms with Gasteiger partial charge in [0.1, 0.15) is 47.8 Å². The van der Waals surface area contributed by atoms with Crippen LogP contribution in [0.3, 0.4) is 0 Å². The molecule has 4 aromatic rings. The zero-order valence-electron chi connectivity index (χ0n) is 50.3. The average molecular weight is 1180 g/mol. The van der Waals surface area contributed by atoms with Crippen LogP contribution in [0.15, 0.2) is 121 Å². The highest BCUT2D eigenvalue weighted by Crippen LogP contribution is 2.48. The molecule has 0 saturated carbocycles. The molecule has 0 radical (unpaired) electrons. The fraction of sp³-hybridized carbons (Fsp3) is 0.597. The first-order valence-electron chi connectivity index (χ1n) is 28.1. The van der Waals surface area contributed by atoms with Gasteiger partial charge in [0.15, 0.2) is 48.1 Å². The van der Waals surface area contributed by atoms with E-state index in [9.17, 15) is 20.1 Å². The highest BCUT2D eigenvalue weighted by atomic mass is 28.4. The summed E-state index contributed by atoms with van der Waals surface area (Å²) in [7, 11) is -1.02. The molecule has 11 atom stereocenters. The molecular formula is C62H88O18Si2. The van der Waals surface area contributed by atoms with E-state index in [2.05, 4.69) is 114 Å². The van der Waals surface area contributed by atoms with Crippen LogP contribution in [0.4, 0.5) is 0 Å². The van der Waals surface area contributed by atoms with Gasteiger partial charge >= 0.3 is 0 Å². The van der Waals surface area contributed by atoms with Crippen molar-refractivity contribution in [3.63, 3.8) is 0 Å². The normalized spacial score (nSPS) is 31.3. The van der Waals surface area contributed by atoms with Crippen LogP contribution >= 0.6 is 0 Å². The third-order valence-corrected chi connectivity index (χ3v) is 26.3. The number of aliphatic hydroxyl groups is 3. The number of ether oxygens (including phenoxy) is 12. The number of benzene rings is 4. The van der Waals surface area contributed by atoms with Crippen molar-refractivity contribution < 1.29 is 85.8 Å².